The minimum atomic E-state index is -0.370. The van der Waals surface area contributed by atoms with Crippen molar-refractivity contribution in [1.82, 2.24) is 9.88 Å². The Morgan fingerprint density at radius 2 is 1.97 bits per heavy atom. The third-order valence-electron chi connectivity index (χ3n) is 4.99. The normalized spacial score (nSPS) is 12.6. The molecule has 30 heavy (non-hydrogen) atoms. The lowest BCUT2D eigenvalue weighted by Crippen LogP contribution is -2.31. The first kappa shape index (κ1) is 19.9. The highest BCUT2D eigenvalue weighted by Gasteiger charge is 2.20. The molecule has 3 aromatic rings. The summed E-state index contributed by atoms with van der Waals surface area (Å²) < 4.78 is 30.9. The number of para-hydroxylation sites is 1. The molecule has 0 fully saturated rings. The molecule has 0 spiro atoms. The van der Waals surface area contributed by atoms with Gasteiger partial charge in [0, 0.05) is 31.5 Å². The Bertz CT molecular complexity index is 1030. The Labute approximate surface area is 174 Å². The maximum absolute atomic E-state index is 13.9. The van der Waals surface area contributed by atoms with Crippen LogP contribution in [0.5, 0.6) is 11.5 Å². The van der Waals surface area contributed by atoms with Crippen LogP contribution in [0.2, 0.25) is 0 Å². The number of rotatable bonds is 7. The molecule has 1 aromatic heterocycles. The van der Waals surface area contributed by atoms with Crippen LogP contribution in [0.15, 0.2) is 53.1 Å². The zero-order chi connectivity index (χ0) is 20.9. The maximum Gasteiger partial charge on any atom is 0.223 e. The summed E-state index contributed by atoms with van der Waals surface area (Å²) >= 11 is 0. The number of carbonyl (C=O) groups is 1. The average molecular weight is 410 g/mol. The number of halogens is 1. The van der Waals surface area contributed by atoms with E-state index in [2.05, 4.69) is 4.98 Å². The van der Waals surface area contributed by atoms with Gasteiger partial charge in [-0.25, -0.2) is 9.37 Å². The molecule has 1 aliphatic rings. The number of hydrogen-bond donors (Lipinski definition) is 0. The molecule has 4 rings (SSSR count). The third-order valence-corrected chi connectivity index (χ3v) is 4.99. The van der Waals surface area contributed by atoms with Gasteiger partial charge in [-0.2, -0.15) is 0 Å². The lowest BCUT2D eigenvalue weighted by Gasteiger charge is -2.25. The van der Waals surface area contributed by atoms with Gasteiger partial charge in [-0.3, -0.25) is 4.79 Å². The van der Waals surface area contributed by atoms with Crippen LogP contribution in [0.4, 0.5) is 4.39 Å². The standard InChI is InChI=1S/C23H23FN2O4/c1-2-26(15-16-6-5-9-19-23(16)29-13-12-28-19)22(27)11-10-21-25-14-20(30-21)17-7-3-4-8-18(17)24/h3-9,14H,2,10-13,15H2,1H3. The number of nitrogens with zero attached hydrogens (tertiary/aromatic N) is 2. The predicted octanol–water partition coefficient (Wildman–Crippen LogP) is 4.23. The molecule has 0 saturated heterocycles. The average Bonchev–Trinajstić information content (AvgIpc) is 3.25. The van der Waals surface area contributed by atoms with Crippen molar-refractivity contribution in [3.63, 3.8) is 0 Å². The molecule has 2 heterocycles. The summed E-state index contributed by atoms with van der Waals surface area (Å²) in [7, 11) is 0. The van der Waals surface area contributed by atoms with Crippen LogP contribution in [0.1, 0.15) is 24.8 Å². The molecule has 6 nitrogen and oxygen atoms in total. The highest BCUT2D eigenvalue weighted by atomic mass is 19.1. The van der Waals surface area contributed by atoms with E-state index in [9.17, 15) is 9.18 Å². The summed E-state index contributed by atoms with van der Waals surface area (Å²) in [6, 6.07) is 12.1. The maximum atomic E-state index is 13.9. The molecule has 2 aromatic carbocycles. The third kappa shape index (κ3) is 4.30. The Balaban J connectivity index is 1.39. The second-order valence-electron chi connectivity index (χ2n) is 6.95. The van der Waals surface area contributed by atoms with Crippen molar-refractivity contribution < 1.29 is 23.1 Å². The lowest BCUT2D eigenvalue weighted by molar-refractivity contribution is -0.131. The summed E-state index contributed by atoms with van der Waals surface area (Å²) in [5, 5.41) is 0. The van der Waals surface area contributed by atoms with Crippen LogP contribution >= 0.6 is 0 Å². The first-order valence-electron chi connectivity index (χ1n) is 10.0. The molecule has 7 heteroatoms. The molecule has 0 saturated carbocycles. The van der Waals surface area contributed by atoms with Crippen molar-refractivity contribution in [2.24, 2.45) is 0 Å². The molecule has 0 atom stereocenters. The Kier molecular flexibility index (Phi) is 5.97. The lowest BCUT2D eigenvalue weighted by atomic mass is 10.1. The molecule has 0 N–H and O–H groups in total. The SMILES string of the molecule is CCN(Cc1cccc2c1OCCO2)C(=O)CCc1ncc(-c2ccccc2F)o1. The van der Waals surface area contributed by atoms with Crippen LogP contribution in [0, 0.1) is 5.82 Å². The van der Waals surface area contributed by atoms with E-state index < -0.39 is 0 Å². The Morgan fingerprint density at radius 1 is 1.13 bits per heavy atom. The number of hydrogen-bond acceptors (Lipinski definition) is 5. The molecule has 0 bridgehead atoms. The fourth-order valence-corrected chi connectivity index (χ4v) is 3.42. The molecular weight excluding hydrogens is 387 g/mol. The fraction of sp³-hybridized carbons (Fsp3) is 0.304. The summed E-state index contributed by atoms with van der Waals surface area (Å²) in [4.78, 5) is 18.7. The zero-order valence-corrected chi connectivity index (χ0v) is 16.8. The van der Waals surface area contributed by atoms with Gasteiger partial charge in [0.1, 0.15) is 19.0 Å². The van der Waals surface area contributed by atoms with Gasteiger partial charge >= 0.3 is 0 Å². The van der Waals surface area contributed by atoms with E-state index >= 15 is 0 Å². The van der Waals surface area contributed by atoms with Crippen molar-refractivity contribution in [3.8, 4) is 22.8 Å². The van der Waals surface area contributed by atoms with Gasteiger partial charge < -0.3 is 18.8 Å². The first-order chi connectivity index (χ1) is 14.7. The van der Waals surface area contributed by atoms with Gasteiger partial charge in [-0.15, -0.1) is 0 Å². The number of fused-ring (bicyclic) bond motifs is 1. The zero-order valence-electron chi connectivity index (χ0n) is 16.8. The molecular formula is C23H23FN2O4. The van der Waals surface area contributed by atoms with Crippen molar-refractivity contribution in [2.45, 2.75) is 26.3 Å². The van der Waals surface area contributed by atoms with E-state index in [1.165, 1.54) is 12.3 Å². The largest absolute Gasteiger partial charge is 0.486 e. The minimum Gasteiger partial charge on any atom is -0.486 e. The van der Waals surface area contributed by atoms with E-state index in [1.807, 2.05) is 25.1 Å². The highest BCUT2D eigenvalue weighted by molar-refractivity contribution is 5.76. The molecule has 0 aliphatic carbocycles. The molecule has 1 aliphatic heterocycles. The number of aryl methyl sites for hydroxylation is 1. The van der Waals surface area contributed by atoms with Gasteiger partial charge in [0.2, 0.25) is 5.91 Å². The fourth-order valence-electron chi connectivity index (χ4n) is 3.42. The van der Waals surface area contributed by atoms with Crippen LogP contribution in [0.3, 0.4) is 0 Å². The van der Waals surface area contributed by atoms with Gasteiger partial charge in [-0.1, -0.05) is 24.3 Å². The van der Waals surface area contributed by atoms with E-state index in [4.69, 9.17) is 13.9 Å². The van der Waals surface area contributed by atoms with E-state index in [0.717, 1.165) is 5.56 Å². The summed E-state index contributed by atoms with van der Waals surface area (Å²) in [5.74, 6) is 1.80. The topological polar surface area (TPSA) is 64.8 Å². The molecule has 0 radical (unpaired) electrons. The van der Waals surface area contributed by atoms with Crippen molar-refractivity contribution >= 4 is 5.91 Å². The Hall–Kier alpha value is -3.35. The minimum absolute atomic E-state index is 0.0162. The summed E-state index contributed by atoms with van der Waals surface area (Å²) in [6.45, 7) is 3.96. The Morgan fingerprint density at radius 3 is 2.80 bits per heavy atom. The van der Waals surface area contributed by atoms with Gasteiger partial charge in [0.15, 0.2) is 23.1 Å². The van der Waals surface area contributed by atoms with Crippen molar-refractivity contribution in [1.29, 1.82) is 0 Å². The van der Waals surface area contributed by atoms with Gasteiger partial charge in [0.25, 0.3) is 0 Å². The predicted molar refractivity (Wildman–Crippen MR) is 109 cm³/mol. The monoisotopic (exact) mass is 410 g/mol. The number of ether oxygens (including phenoxy) is 2. The summed E-state index contributed by atoms with van der Waals surface area (Å²) in [5.41, 5.74) is 1.27. The number of carbonyl (C=O) groups excluding carboxylic acids is 1. The molecule has 156 valence electrons. The quantitative estimate of drug-likeness (QED) is 0.583. The van der Waals surface area contributed by atoms with E-state index in [1.54, 1.807) is 23.1 Å². The number of aromatic nitrogens is 1. The van der Waals surface area contributed by atoms with E-state index in [0.29, 0.717) is 61.4 Å². The van der Waals surface area contributed by atoms with Gasteiger partial charge in [-0.05, 0) is 25.1 Å². The molecule has 0 unspecified atom stereocenters. The second kappa shape index (κ2) is 8.98. The van der Waals surface area contributed by atoms with Crippen LogP contribution < -0.4 is 9.47 Å². The van der Waals surface area contributed by atoms with Gasteiger partial charge in [0.05, 0.1) is 11.8 Å². The second-order valence-corrected chi connectivity index (χ2v) is 6.95. The van der Waals surface area contributed by atoms with Crippen molar-refractivity contribution in [2.75, 3.05) is 19.8 Å². The number of benzene rings is 2. The van der Waals surface area contributed by atoms with Crippen molar-refractivity contribution in [3.05, 3.63) is 65.9 Å². The smallest absolute Gasteiger partial charge is 0.223 e. The van der Waals surface area contributed by atoms with E-state index in [-0.39, 0.29) is 18.1 Å². The first-order valence-corrected chi connectivity index (χ1v) is 10.0. The van der Waals surface area contributed by atoms with Crippen LogP contribution in [-0.2, 0) is 17.8 Å². The number of oxazole rings is 1. The number of amides is 1. The van der Waals surface area contributed by atoms with Crippen LogP contribution in [-0.4, -0.2) is 35.5 Å². The highest BCUT2D eigenvalue weighted by Crippen LogP contribution is 2.34. The van der Waals surface area contributed by atoms with Crippen LogP contribution in [0.25, 0.3) is 11.3 Å². The summed E-state index contributed by atoms with van der Waals surface area (Å²) in [6.07, 6.45) is 2.08. The molecule has 1 amide bonds.